The summed E-state index contributed by atoms with van der Waals surface area (Å²) in [5, 5.41) is 41.8. The molecule has 0 bridgehead atoms. The monoisotopic (exact) mass is 353 g/mol. The second-order valence-electron chi connectivity index (χ2n) is 0.921. The van der Waals surface area contributed by atoms with E-state index in [0.29, 0.717) is 0 Å². The largest absolute Gasteiger partial charge is 0.483 e. The first-order valence-electron chi connectivity index (χ1n) is 3.25. The molecule has 12 nitrogen and oxygen atoms in total. The normalized spacial score (nSPS) is 4.25. The van der Waals surface area contributed by atoms with Gasteiger partial charge in [-0.25, -0.2) is 0 Å². The van der Waals surface area contributed by atoms with Crippen LogP contribution in [0.2, 0.25) is 0 Å². The zero-order valence-electron chi connectivity index (χ0n) is 9.93. The van der Waals surface area contributed by atoms with Gasteiger partial charge in [-0.2, -0.15) is 0 Å². The average Bonchev–Trinajstić information content (AvgIpc) is 2.21. The maximum absolute atomic E-state index is 8.89. The summed E-state index contributed by atoms with van der Waals surface area (Å²) in [7, 11) is 0. The molecule has 0 aliphatic heterocycles. The van der Waals surface area contributed by atoms with E-state index in [2.05, 4.69) is 6.92 Å². The van der Waals surface area contributed by atoms with Crippen LogP contribution in [0.25, 0.3) is 0 Å². The molecule has 0 aliphatic carbocycles. The van der Waals surface area contributed by atoms with Gasteiger partial charge in [-0.05, 0) is 0 Å². The van der Waals surface area contributed by atoms with Gasteiger partial charge in [0.05, 0.1) is 6.92 Å². The number of aliphatic carboxylic acids is 1. The van der Waals surface area contributed by atoms with Gasteiger partial charge in [-0.3, -0.25) is 28.8 Å². The molecule has 0 fully saturated rings. The van der Waals surface area contributed by atoms with Crippen LogP contribution in [0.4, 0.5) is 0 Å². The Bertz CT molecular complexity index is 155. The molecule has 0 aromatic carbocycles. The summed E-state index contributed by atoms with van der Waals surface area (Å²) in [6.45, 7) is 1.31. The summed E-state index contributed by atoms with van der Waals surface area (Å²) in [6, 6.07) is 0. The molecule has 0 atom stereocenters. The van der Waals surface area contributed by atoms with Crippen molar-refractivity contribution in [3.05, 3.63) is 6.92 Å². The number of hydrogen-bond donors (Lipinski definition) is 6. The molecule has 6 N–H and O–H groups in total. The Kier molecular flexibility index (Phi) is 286. The fourth-order valence-electron chi connectivity index (χ4n) is 0. The van der Waals surface area contributed by atoms with Gasteiger partial charge in [0.2, 0.25) is 0 Å². The molecule has 0 aliphatic rings. The van der Waals surface area contributed by atoms with E-state index in [1.54, 1.807) is 0 Å². The summed E-state index contributed by atoms with van der Waals surface area (Å²) < 4.78 is 0. The predicted octanol–water partition coefficient (Wildman–Crippen LogP) is -1.59. The van der Waals surface area contributed by atoms with Crippen LogP contribution in [0.3, 0.4) is 0 Å². The number of carbonyl (C=O) groups is 6. The fourth-order valence-corrected chi connectivity index (χ4v) is 0. The minimum absolute atomic E-state index is 0. The Balaban J connectivity index is -0.0000000202. The van der Waals surface area contributed by atoms with Crippen LogP contribution in [-0.4, -0.2) is 69.0 Å². The minimum atomic E-state index is -1.08. The molecule has 0 rings (SSSR count). The van der Waals surface area contributed by atoms with Crippen molar-refractivity contribution in [2.45, 2.75) is 0 Å². The van der Waals surface area contributed by atoms with E-state index in [1.807, 2.05) is 0 Å². The standard InChI is InChI=1S/C2H3O2.5CH2O2.Zn/c1-2(3)4;5*2-1-3;/h1H2,(H,3,4);5*1H,(H,2,3);. The molecule has 0 saturated carbocycles. The average molecular weight is 355 g/mol. The van der Waals surface area contributed by atoms with E-state index in [9.17, 15) is 0 Å². The molecule has 0 amide bonds. The van der Waals surface area contributed by atoms with Gasteiger partial charge < -0.3 is 30.6 Å². The molecule has 0 aromatic heterocycles. The maximum atomic E-state index is 8.89. The summed E-state index contributed by atoms with van der Waals surface area (Å²) >= 11 is 0. The van der Waals surface area contributed by atoms with Gasteiger partial charge in [0.1, 0.15) is 0 Å². The third-order valence-electron chi connectivity index (χ3n) is 0. The Morgan fingerprint density at radius 3 is 0.650 bits per heavy atom. The third-order valence-corrected chi connectivity index (χ3v) is 0. The van der Waals surface area contributed by atoms with Crippen molar-refractivity contribution >= 4 is 38.3 Å². The first kappa shape index (κ1) is 43.2. The van der Waals surface area contributed by atoms with Gasteiger partial charge in [0.15, 0.2) is 0 Å². The zero-order valence-corrected chi connectivity index (χ0v) is 12.9. The Hall–Kier alpha value is -2.56. The minimum Gasteiger partial charge on any atom is -0.483 e. The summed E-state index contributed by atoms with van der Waals surface area (Å²) in [5.74, 6) is -1.08. The Morgan fingerprint density at radius 2 is 0.650 bits per heavy atom. The number of carboxylic acid groups (broad SMARTS) is 6. The van der Waals surface area contributed by atoms with Gasteiger partial charge in [0, 0.05) is 19.5 Å². The molecule has 0 aromatic rings. The number of hydrogen-bond acceptors (Lipinski definition) is 6. The van der Waals surface area contributed by atoms with Gasteiger partial charge in [-0.1, -0.05) is 0 Å². The molecule has 0 saturated heterocycles. The van der Waals surface area contributed by atoms with Crippen molar-refractivity contribution in [1.29, 1.82) is 0 Å². The Morgan fingerprint density at radius 1 is 0.650 bits per heavy atom. The number of carboxylic acids is 1. The summed E-state index contributed by atoms with van der Waals surface area (Å²) in [6.07, 6.45) is 0. The van der Waals surface area contributed by atoms with Crippen LogP contribution >= 0.6 is 0 Å². The first-order valence-corrected chi connectivity index (χ1v) is 3.25. The number of rotatable bonds is 0. The van der Waals surface area contributed by atoms with Crippen molar-refractivity contribution in [2.75, 3.05) is 0 Å². The van der Waals surface area contributed by atoms with Crippen molar-refractivity contribution < 1.29 is 78.9 Å². The molecule has 20 heavy (non-hydrogen) atoms. The van der Waals surface area contributed by atoms with E-state index in [-0.39, 0.29) is 51.8 Å². The maximum Gasteiger partial charge on any atom is 0.303 e. The fraction of sp³-hybridized carbons (Fsp3) is 0. The van der Waals surface area contributed by atoms with E-state index in [4.69, 9.17) is 59.4 Å². The molecule has 13 heteroatoms. The van der Waals surface area contributed by atoms with Crippen molar-refractivity contribution in [2.24, 2.45) is 0 Å². The zero-order chi connectivity index (χ0) is 17.1. The first-order chi connectivity index (χ1) is 8.80. The van der Waals surface area contributed by atoms with Crippen LogP contribution < -0.4 is 0 Å². The van der Waals surface area contributed by atoms with Gasteiger partial charge in [0.25, 0.3) is 32.4 Å². The third kappa shape index (κ3) is 493. The molecule has 0 heterocycles. The Labute approximate surface area is 125 Å². The van der Waals surface area contributed by atoms with E-state index in [0.717, 1.165) is 0 Å². The molecule has 0 unspecified atom stereocenters. The van der Waals surface area contributed by atoms with E-state index >= 15 is 0 Å². The molecule has 1 radical (unpaired) electrons. The molecule has 115 valence electrons. The van der Waals surface area contributed by atoms with Crippen molar-refractivity contribution in [3.63, 3.8) is 0 Å². The van der Waals surface area contributed by atoms with Gasteiger partial charge >= 0.3 is 5.97 Å². The van der Waals surface area contributed by atoms with Crippen LogP contribution in [0, 0.1) is 6.92 Å². The van der Waals surface area contributed by atoms with Crippen molar-refractivity contribution in [3.8, 4) is 0 Å². The smallest absolute Gasteiger partial charge is 0.303 e. The molecular weight excluding hydrogens is 341 g/mol. The van der Waals surface area contributed by atoms with E-state index in [1.165, 1.54) is 0 Å². The van der Waals surface area contributed by atoms with Gasteiger partial charge in [-0.15, -0.1) is 0 Å². The predicted molar refractivity (Wildman–Crippen MR) is 56.5 cm³/mol. The SMILES string of the molecule is O=CO.O=CO.O=CO.O=CO.O=CO.[CH2]C(=O)O.[Zn]. The van der Waals surface area contributed by atoms with Crippen LogP contribution in [0.15, 0.2) is 0 Å². The van der Waals surface area contributed by atoms with E-state index < -0.39 is 5.97 Å². The van der Waals surface area contributed by atoms with Crippen molar-refractivity contribution in [1.82, 2.24) is 0 Å². The molecule has 0 spiro atoms. The van der Waals surface area contributed by atoms with Crippen LogP contribution in [0.1, 0.15) is 0 Å². The van der Waals surface area contributed by atoms with Crippen LogP contribution in [0.5, 0.6) is 0 Å². The van der Waals surface area contributed by atoms with Crippen LogP contribution in [-0.2, 0) is 48.2 Å². The second-order valence-corrected chi connectivity index (χ2v) is 0.921. The topological polar surface area (TPSA) is 224 Å². The second kappa shape index (κ2) is 132. The molecular formula is C7H13O12Zn. The summed E-state index contributed by atoms with van der Waals surface area (Å²) in [5.41, 5.74) is 0. The summed E-state index contributed by atoms with van der Waals surface area (Å²) in [4.78, 5) is 50.7. The quantitative estimate of drug-likeness (QED) is 0.214.